The number of aliphatic carboxylic acids is 1. The first-order valence-corrected chi connectivity index (χ1v) is 11.3. The van der Waals surface area contributed by atoms with E-state index >= 15 is 0 Å². The third-order valence-electron chi connectivity index (χ3n) is 6.44. The minimum Gasteiger partial charge on any atom is -0.548 e. The van der Waals surface area contributed by atoms with Crippen molar-refractivity contribution in [2.45, 2.75) is 12.1 Å². The summed E-state index contributed by atoms with van der Waals surface area (Å²) in [7, 11) is 0. The Morgan fingerprint density at radius 2 is 1.44 bits per heavy atom. The van der Waals surface area contributed by atoms with E-state index < -0.39 is 12.0 Å². The average molecular weight is 451 g/mol. The summed E-state index contributed by atoms with van der Waals surface area (Å²) < 4.78 is 0. The van der Waals surface area contributed by atoms with E-state index in [0.717, 1.165) is 21.9 Å². The zero-order valence-electron chi connectivity index (χ0n) is 18.6. The van der Waals surface area contributed by atoms with Gasteiger partial charge in [-0.05, 0) is 16.5 Å². The standard InChI is InChI=1S/C28H25N3O3/c32-27(24-18-29-17-22-13-7-8-14-23(22)24)31-16-15-30(19-25(31)28(33)34)26(20-9-3-1-4-10-20)21-11-5-2-6-12-21/h1-14,17-18,25-26H,15-16,19H2,(H,33,34)/p-1. The van der Waals surface area contributed by atoms with Crippen molar-refractivity contribution in [3.05, 3.63) is 114 Å². The van der Waals surface area contributed by atoms with Gasteiger partial charge in [0.15, 0.2) is 0 Å². The highest BCUT2D eigenvalue weighted by atomic mass is 16.4. The van der Waals surface area contributed by atoms with E-state index in [4.69, 9.17) is 0 Å². The van der Waals surface area contributed by atoms with Gasteiger partial charge in [0, 0.05) is 37.4 Å². The molecular formula is C28H24N3O3-. The molecule has 4 aromatic rings. The molecule has 0 aliphatic carbocycles. The molecule has 1 saturated heterocycles. The molecule has 1 aliphatic heterocycles. The first kappa shape index (κ1) is 21.8. The minimum absolute atomic E-state index is 0.124. The molecule has 1 unspecified atom stereocenters. The number of hydrogen-bond acceptors (Lipinski definition) is 5. The van der Waals surface area contributed by atoms with Gasteiger partial charge in [0.05, 0.1) is 23.6 Å². The van der Waals surface area contributed by atoms with Crippen molar-refractivity contribution in [1.29, 1.82) is 0 Å². The van der Waals surface area contributed by atoms with E-state index in [-0.39, 0.29) is 25.0 Å². The summed E-state index contributed by atoms with van der Waals surface area (Å²) in [6.07, 6.45) is 3.21. The maximum Gasteiger partial charge on any atom is 0.256 e. The van der Waals surface area contributed by atoms with Gasteiger partial charge in [-0.2, -0.15) is 0 Å². The van der Waals surface area contributed by atoms with Crippen molar-refractivity contribution >= 4 is 22.6 Å². The molecule has 1 amide bonds. The summed E-state index contributed by atoms with van der Waals surface area (Å²) in [4.78, 5) is 33.5. The second kappa shape index (κ2) is 9.45. The summed E-state index contributed by atoms with van der Waals surface area (Å²) in [5, 5.41) is 13.9. The smallest absolute Gasteiger partial charge is 0.256 e. The number of carboxylic acids is 1. The molecule has 1 aliphatic rings. The Morgan fingerprint density at radius 1 is 0.824 bits per heavy atom. The second-order valence-corrected chi connectivity index (χ2v) is 8.46. The number of carbonyl (C=O) groups excluding carboxylic acids is 2. The van der Waals surface area contributed by atoms with Crippen LogP contribution in [0.5, 0.6) is 0 Å². The van der Waals surface area contributed by atoms with Gasteiger partial charge < -0.3 is 14.8 Å². The number of carboxylic acid groups (broad SMARTS) is 1. The molecule has 5 rings (SSSR count). The summed E-state index contributed by atoms with van der Waals surface area (Å²) in [6.45, 7) is 0.972. The van der Waals surface area contributed by atoms with E-state index in [0.29, 0.717) is 12.1 Å². The number of piperazine rings is 1. The number of carbonyl (C=O) groups is 2. The van der Waals surface area contributed by atoms with Crippen LogP contribution in [0.15, 0.2) is 97.3 Å². The number of nitrogens with zero attached hydrogens (tertiary/aromatic N) is 3. The molecule has 6 heteroatoms. The Morgan fingerprint density at radius 3 is 2.09 bits per heavy atom. The van der Waals surface area contributed by atoms with Gasteiger partial charge in [0.2, 0.25) is 0 Å². The Labute approximate surface area is 198 Å². The molecule has 3 aromatic carbocycles. The molecule has 6 nitrogen and oxygen atoms in total. The van der Waals surface area contributed by atoms with Crippen molar-refractivity contribution in [2.24, 2.45) is 0 Å². The quantitative estimate of drug-likeness (QED) is 0.467. The summed E-state index contributed by atoms with van der Waals surface area (Å²) in [5.41, 5.74) is 2.55. The highest BCUT2D eigenvalue weighted by molar-refractivity contribution is 6.07. The number of pyridine rings is 1. The van der Waals surface area contributed by atoms with Gasteiger partial charge in [-0.3, -0.25) is 14.7 Å². The van der Waals surface area contributed by atoms with Gasteiger partial charge in [-0.25, -0.2) is 0 Å². The van der Waals surface area contributed by atoms with Crippen molar-refractivity contribution in [3.8, 4) is 0 Å². The Kier molecular flexibility index (Phi) is 6.06. The fourth-order valence-electron chi connectivity index (χ4n) is 4.81. The highest BCUT2D eigenvalue weighted by Gasteiger charge is 2.36. The lowest BCUT2D eigenvalue weighted by molar-refractivity contribution is -0.312. The SMILES string of the molecule is O=C([O-])C1CN(C(c2ccccc2)c2ccccc2)CCN1C(=O)c1cncc2ccccc12. The number of amides is 1. The van der Waals surface area contributed by atoms with E-state index in [9.17, 15) is 14.7 Å². The summed E-state index contributed by atoms with van der Waals surface area (Å²) >= 11 is 0. The maximum atomic E-state index is 13.5. The van der Waals surface area contributed by atoms with Crippen molar-refractivity contribution < 1.29 is 14.7 Å². The van der Waals surface area contributed by atoms with Crippen LogP contribution in [0.3, 0.4) is 0 Å². The third kappa shape index (κ3) is 4.16. The molecule has 0 spiro atoms. The van der Waals surface area contributed by atoms with E-state index in [1.54, 1.807) is 6.20 Å². The highest BCUT2D eigenvalue weighted by Crippen LogP contribution is 2.31. The fraction of sp³-hybridized carbons (Fsp3) is 0.179. The zero-order valence-corrected chi connectivity index (χ0v) is 18.6. The molecule has 0 radical (unpaired) electrons. The molecule has 1 aromatic heterocycles. The van der Waals surface area contributed by atoms with Crippen LogP contribution < -0.4 is 5.11 Å². The topological polar surface area (TPSA) is 76.6 Å². The molecule has 170 valence electrons. The van der Waals surface area contributed by atoms with Crippen molar-refractivity contribution in [3.63, 3.8) is 0 Å². The Bertz CT molecular complexity index is 1270. The summed E-state index contributed by atoms with van der Waals surface area (Å²) in [6, 6.07) is 26.3. The second-order valence-electron chi connectivity index (χ2n) is 8.46. The van der Waals surface area contributed by atoms with Crippen LogP contribution in [0.1, 0.15) is 27.5 Å². The number of rotatable bonds is 5. The minimum atomic E-state index is -1.26. The number of benzene rings is 3. The predicted molar refractivity (Wildman–Crippen MR) is 128 cm³/mol. The molecule has 0 N–H and O–H groups in total. The first-order chi connectivity index (χ1) is 16.6. The average Bonchev–Trinajstić information content (AvgIpc) is 2.89. The molecular weight excluding hydrogens is 426 g/mol. The molecule has 1 fully saturated rings. The van der Waals surface area contributed by atoms with Crippen LogP contribution in [0.2, 0.25) is 0 Å². The predicted octanol–water partition coefficient (Wildman–Crippen LogP) is 2.90. The summed E-state index contributed by atoms with van der Waals surface area (Å²) in [5.74, 6) is -1.60. The number of fused-ring (bicyclic) bond motifs is 1. The van der Waals surface area contributed by atoms with E-state index in [1.165, 1.54) is 11.1 Å². The van der Waals surface area contributed by atoms with Gasteiger partial charge in [-0.1, -0.05) is 84.9 Å². The third-order valence-corrected chi connectivity index (χ3v) is 6.44. The monoisotopic (exact) mass is 450 g/mol. The van der Waals surface area contributed by atoms with Crippen molar-refractivity contribution in [2.75, 3.05) is 19.6 Å². The van der Waals surface area contributed by atoms with Crippen LogP contribution in [0.4, 0.5) is 0 Å². The van der Waals surface area contributed by atoms with Gasteiger partial charge in [0.25, 0.3) is 5.91 Å². The fourth-order valence-corrected chi connectivity index (χ4v) is 4.81. The molecule has 34 heavy (non-hydrogen) atoms. The number of hydrogen-bond donors (Lipinski definition) is 0. The van der Waals surface area contributed by atoms with Crippen LogP contribution >= 0.6 is 0 Å². The maximum absolute atomic E-state index is 13.5. The molecule has 0 saturated carbocycles. The first-order valence-electron chi connectivity index (χ1n) is 11.3. The van der Waals surface area contributed by atoms with Gasteiger partial charge in [-0.15, -0.1) is 0 Å². The van der Waals surface area contributed by atoms with Crippen LogP contribution in [0.25, 0.3) is 10.8 Å². The lowest BCUT2D eigenvalue weighted by Gasteiger charge is -2.45. The van der Waals surface area contributed by atoms with Crippen LogP contribution in [-0.2, 0) is 4.79 Å². The van der Waals surface area contributed by atoms with Gasteiger partial charge >= 0.3 is 0 Å². The molecule has 1 atom stereocenters. The lowest BCUT2D eigenvalue weighted by Crippen LogP contribution is -2.61. The zero-order chi connectivity index (χ0) is 23.5. The Hall–Kier alpha value is -4.03. The van der Waals surface area contributed by atoms with E-state index in [2.05, 4.69) is 9.88 Å². The Balaban J connectivity index is 1.47. The van der Waals surface area contributed by atoms with Crippen LogP contribution in [0, 0.1) is 0 Å². The molecule has 0 bridgehead atoms. The number of aromatic nitrogens is 1. The van der Waals surface area contributed by atoms with Crippen LogP contribution in [-0.4, -0.2) is 52.3 Å². The van der Waals surface area contributed by atoms with Gasteiger partial charge in [0.1, 0.15) is 0 Å². The lowest BCUT2D eigenvalue weighted by atomic mass is 9.95. The largest absolute Gasteiger partial charge is 0.548 e. The van der Waals surface area contributed by atoms with Crippen molar-refractivity contribution in [1.82, 2.24) is 14.8 Å². The normalized spacial score (nSPS) is 16.6. The van der Waals surface area contributed by atoms with E-state index in [1.807, 2.05) is 84.9 Å². The molecule has 2 heterocycles.